The van der Waals surface area contributed by atoms with Gasteiger partial charge in [0.2, 0.25) is 0 Å². The Morgan fingerprint density at radius 3 is 1.64 bits per heavy atom. The summed E-state index contributed by atoms with van der Waals surface area (Å²) in [5.74, 6) is 0. The molecule has 33 heavy (non-hydrogen) atoms. The van der Waals surface area contributed by atoms with Crippen LogP contribution in [0.2, 0.25) is 0 Å². The van der Waals surface area contributed by atoms with Crippen molar-refractivity contribution in [1.29, 1.82) is 0 Å². The van der Waals surface area contributed by atoms with Gasteiger partial charge in [-0.05, 0) is 80.1 Å². The molecule has 1 heterocycles. The van der Waals surface area contributed by atoms with E-state index in [9.17, 15) is 25.2 Å². The van der Waals surface area contributed by atoms with Gasteiger partial charge in [0.1, 0.15) is 0 Å². The molecule has 1 aliphatic rings. The Hall–Kier alpha value is -1.90. The van der Waals surface area contributed by atoms with Crippen LogP contribution in [0.1, 0.15) is 35.6 Å². The van der Waals surface area contributed by atoms with Gasteiger partial charge >= 0.3 is 33.0 Å². The van der Waals surface area contributed by atoms with Crippen molar-refractivity contribution in [2.75, 3.05) is 0 Å². The Morgan fingerprint density at radius 2 is 1.18 bits per heavy atom. The van der Waals surface area contributed by atoms with E-state index in [2.05, 4.69) is 93.6 Å². The minimum atomic E-state index is -10.7. The Kier molecular flexibility index (Phi) is 6.54. The van der Waals surface area contributed by atoms with Crippen LogP contribution < -0.4 is 10.6 Å². The second-order valence-corrected chi connectivity index (χ2v) is 14.6. The summed E-state index contributed by atoms with van der Waals surface area (Å²) in [6.45, 7) is 7.09. The van der Waals surface area contributed by atoms with Gasteiger partial charge in [-0.15, -0.1) is 0 Å². The third-order valence-corrected chi connectivity index (χ3v) is 11.4. The SMILES string of the molecule is Cc1ccc2c(c1C)C[P+](c1ccccc1)(c1ccccc1)C(C)CC2.F[P-](F)(F)(F)(F)F. The summed E-state index contributed by atoms with van der Waals surface area (Å²) in [6.07, 6.45) is 3.68. The van der Waals surface area contributed by atoms with Gasteiger partial charge in [-0.2, -0.15) is 0 Å². The van der Waals surface area contributed by atoms with Crippen molar-refractivity contribution in [3.63, 3.8) is 0 Å². The molecule has 8 heteroatoms. The maximum absolute atomic E-state index is 10.7. The quantitative estimate of drug-likeness (QED) is 0.241. The van der Waals surface area contributed by atoms with Gasteiger partial charge in [0.15, 0.2) is 0 Å². The van der Waals surface area contributed by atoms with Crippen molar-refractivity contribution in [2.45, 2.75) is 45.4 Å². The van der Waals surface area contributed by atoms with E-state index in [1.165, 1.54) is 30.1 Å². The van der Waals surface area contributed by atoms with Crippen LogP contribution in [-0.2, 0) is 12.6 Å². The van der Waals surface area contributed by atoms with Crippen LogP contribution in [-0.4, -0.2) is 5.66 Å². The van der Waals surface area contributed by atoms with E-state index in [4.69, 9.17) is 0 Å². The van der Waals surface area contributed by atoms with E-state index in [0.717, 1.165) is 0 Å². The minimum absolute atomic E-state index is 0.694. The van der Waals surface area contributed by atoms with Gasteiger partial charge in [-0.25, -0.2) is 0 Å². The zero-order chi connectivity index (χ0) is 24.6. The van der Waals surface area contributed by atoms with Crippen LogP contribution in [0.5, 0.6) is 0 Å². The van der Waals surface area contributed by atoms with E-state index in [1.807, 2.05) is 0 Å². The molecule has 0 spiro atoms. The molecule has 0 aliphatic carbocycles. The van der Waals surface area contributed by atoms with Crippen molar-refractivity contribution in [1.82, 2.24) is 0 Å². The Labute approximate surface area is 191 Å². The van der Waals surface area contributed by atoms with Crippen molar-refractivity contribution < 1.29 is 25.2 Å². The van der Waals surface area contributed by atoms with Crippen molar-refractivity contribution >= 4 is 25.7 Å². The molecule has 0 amide bonds. The normalized spacial score (nSPS) is 19.7. The summed E-state index contributed by atoms with van der Waals surface area (Å²) in [5.41, 5.74) is 6.83. The van der Waals surface area contributed by atoms with Crippen molar-refractivity contribution in [2.24, 2.45) is 0 Å². The Balaban J connectivity index is 0.000000383. The molecule has 0 saturated heterocycles. The molecule has 1 atom stereocenters. The van der Waals surface area contributed by atoms with Crippen LogP contribution in [0, 0.1) is 13.8 Å². The summed E-state index contributed by atoms with van der Waals surface area (Å²) < 4.78 is 59.2. The van der Waals surface area contributed by atoms with E-state index >= 15 is 0 Å². The fourth-order valence-corrected chi connectivity index (χ4v) is 9.51. The first-order chi connectivity index (χ1) is 15.1. The van der Waals surface area contributed by atoms with Gasteiger partial charge in [-0.3, -0.25) is 0 Å². The number of hydrogen-bond acceptors (Lipinski definition) is 0. The molecular formula is C25H28F6P2. The molecule has 1 aliphatic heterocycles. The number of aryl methyl sites for hydroxylation is 2. The van der Waals surface area contributed by atoms with Gasteiger partial charge in [0.25, 0.3) is 0 Å². The molecule has 4 rings (SSSR count). The van der Waals surface area contributed by atoms with E-state index < -0.39 is 15.1 Å². The number of hydrogen-bond donors (Lipinski definition) is 0. The van der Waals surface area contributed by atoms with Gasteiger partial charge in [0.05, 0.1) is 29.7 Å². The number of fused-ring (bicyclic) bond motifs is 1. The van der Waals surface area contributed by atoms with Crippen LogP contribution in [0.3, 0.4) is 0 Å². The topological polar surface area (TPSA) is 0 Å². The number of benzene rings is 3. The predicted molar refractivity (Wildman–Crippen MR) is 130 cm³/mol. The molecular weight excluding hydrogens is 476 g/mol. The van der Waals surface area contributed by atoms with E-state index in [-0.39, 0.29) is 0 Å². The molecule has 1 unspecified atom stereocenters. The average Bonchev–Trinajstić information content (AvgIpc) is 2.88. The first kappa shape index (κ1) is 25.7. The monoisotopic (exact) mass is 504 g/mol. The summed E-state index contributed by atoms with van der Waals surface area (Å²) >= 11 is 0. The Morgan fingerprint density at radius 1 is 0.727 bits per heavy atom. The van der Waals surface area contributed by atoms with E-state index in [0.29, 0.717) is 5.66 Å². The molecule has 0 aromatic heterocycles. The zero-order valence-corrected chi connectivity index (χ0v) is 20.6. The molecule has 3 aromatic rings. The van der Waals surface area contributed by atoms with Crippen LogP contribution >= 0.6 is 15.1 Å². The second-order valence-electron chi connectivity index (χ2n) is 8.69. The second kappa shape index (κ2) is 8.40. The molecule has 0 bridgehead atoms. The standard InChI is InChI=1S/C25H28P.F6P/c1-19-14-16-22-17-15-20(2)26(18-25(22)21(19)3,23-10-6-4-7-11-23)24-12-8-5-9-13-24;1-7(2,3,4,5)6/h4-14,16,20H,15,17-18H2,1-3H3;/q+1;-1. The van der Waals surface area contributed by atoms with Crippen LogP contribution in [0.4, 0.5) is 25.2 Å². The number of rotatable bonds is 2. The van der Waals surface area contributed by atoms with Gasteiger partial charge < -0.3 is 0 Å². The van der Waals surface area contributed by atoms with E-state index in [1.54, 1.807) is 21.7 Å². The molecule has 0 fully saturated rings. The molecule has 0 radical (unpaired) electrons. The molecule has 3 aromatic carbocycles. The molecule has 0 saturated carbocycles. The number of halogens is 6. The first-order valence-corrected chi connectivity index (χ1v) is 14.8. The predicted octanol–water partition coefficient (Wildman–Crippen LogP) is 9.19. The Bertz CT molecular complexity index is 1060. The first-order valence-electron chi connectivity index (χ1n) is 10.7. The molecule has 0 N–H and O–H groups in total. The summed E-state index contributed by atoms with van der Waals surface area (Å²) in [6, 6.07) is 27.4. The van der Waals surface area contributed by atoms with Crippen molar-refractivity contribution in [3.8, 4) is 0 Å². The van der Waals surface area contributed by atoms with Gasteiger partial charge in [0, 0.05) is 0 Å². The maximum atomic E-state index is 9.87. The summed E-state index contributed by atoms with van der Waals surface area (Å²) in [5, 5.41) is 3.12. The fraction of sp³-hybridized carbons (Fsp3) is 0.280. The van der Waals surface area contributed by atoms with Crippen LogP contribution in [0.15, 0.2) is 72.8 Å². The average molecular weight is 504 g/mol. The molecule has 180 valence electrons. The summed E-state index contributed by atoms with van der Waals surface area (Å²) in [7, 11) is -12.2. The summed E-state index contributed by atoms with van der Waals surface area (Å²) in [4.78, 5) is 0. The van der Waals surface area contributed by atoms with Gasteiger partial charge in [-0.1, -0.05) is 48.5 Å². The molecule has 0 nitrogen and oxygen atoms in total. The zero-order valence-electron chi connectivity index (χ0n) is 18.8. The fourth-order valence-electron chi connectivity index (χ4n) is 4.60. The third kappa shape index (κ3) is 6.80. The third-order valence-electron chi connectivity index (χ3n) is 6.39. The van der Waals surface area contributed by atoms with Crippen molar-refractivity contribution in [3.05, 3.63) is 95.1 Å². The van der Waals surface area contributed by atoms with Crippen LogP contribution in [0.25, 0.3) is 0 Å².